The van der Waals surface area contributed by atoms with Gasteiger partial charge in [0, 0.05) is 24.2 Å². The van der Waals surface area contributed by atoms with Crippen LogP contribution >= 0.6 is 11.3 Å². The van der Waals surface area contributed by atoms with Gasteiger partial charge in [0.15, 0.2) is 17.0 Å². The van der Waals surface area contributed by atoms with Gasteiger partial charge in [0.25, 0.3) is 0 Å². The minimum atomic E-state index is -4.76. The molecular weight excluding hydrogens is 541 g/mol. The number of nitrogens with zero attached hydrogens (tertiary/aromatic N) is 6. The second-order valence-corrected chi connectivity index (χ2v) is 11.1. The molecule has 0 aliphatic carbocycles. The summed E-state index contributed by atoms with van der Waals surface area (Å²) in [4.78, 5) is 27.3. The van der Waals surface area contributed by atoms with E-state index in [0.29, 0.717) is 28.9 Å². The van der Waals surface area contributed by atoms with Crippen molar-refractivity contribution in [2.24, 2.45) is 0 Å². The summed E-state index contributed by atoms with van der Waals surface area (Å²) in [6.45, 7) is 6.67. The number of hydrogen-bond donors (Lipinski definition) is 1. The van der Waals surface area contributed by atoms with E-state index in [4.69, 9.17) is 4.98 Å². The van der Waals surface area contributed by atoms with E-state index >= 15 is 0 Å². The molecule has 5 rings (SSSR count). The molecule has 1 atom stereocenters. The number of pyridine rings is 1. The number of thiophene rings is 1. The van der Waals surface area contributed by atoms with Crippen LogP contribution in [0.25, 0.3) is 27.5 Å². The van der Waals surface area contributed by atoms with Gasteiger partial charge in [-0.25, -0.2) is 14.5 Å². The van der Waals surface area contributed by atoms with Gasteiger partial charge in [-0.1, -0.05) is 19.9 Å². The molecule has 1 aliphatic rings. The van der Waals surface area contributed by atoms with Gasteiger partial charge >= 0.3 is 6.18 Å². The summed E-state index contributed by atoms with van der Waals surface area (Å²) in [6, 6.07) is 9.11. The minimum absolute atomic E-state index is 0.126. The van der Waals surface area contributed by atoms with Crippen LogP contribution in [0.5, 0.6) is 0 Å². The van der Waals surface area contributed by atoms with E-state index in [9.17, 15) is 23.1 Å². The van der Waals surface area contributed by atoms with E-state index in [1.807, 2.05) is 23.6 Å². The van der Waals surface area contributed by atoms with Crippen molar-refractivity contribution in [1.82, 2.24) is 24.5 Å². The van der Waals surface area contributed by atoms with Gasteiger partial charge in [-0.05, 0) is 56.1 Å². The van der Waals surface area contributed by atoms with Crippen LogP contribution in [0.3, 0.4) is 0 Å². The first-order valence-electron chi connectivity index (χ1n) is 13.2. The third kappa shape index (κ3) is 5.35. The standard InChI is InChI=1S/C28H31F3N6O2S/c1-4-35(5-2)18(3)8-9-23(38)19-13-22(33-25(14-19)36-16-27(39,17-36)28(29,30)31)20-15-32-37-11-10-21(34-26(20)37)24-7-6-12-40-24/h6-7,10-15,18,39H,4-5,8-9,16-17H2,1-3H3/t18-/m0/s1. The fraction of sp³-hybridized carbons (Fsp3) is 0.429. The Bertz CT molecular complexity index is 1490. The smallest absolute Gasteiger partial charge is 0.378 e. The number of anilines is 1. The van der Waals surface area contributed by atoms with Crippen molar-refractivity contribution >= 4 is 28.6 Å². The monoisotopic (exact) mass is 572 g/mol. The Kier molecular flexibility index (Phi) is 7.68. The second kappa shape index (κ2) is 10.9. The fourth-order valence-electron chi connectivity index (χ4n) is 5.03. The SMILES string of the molecule is CCN(CC)[C@@H](C)CCC(=O)c1cc(-c2cnn3ccc(-c4cccs4)nc23)nc(N2CC(O)(C(F)(F)F)C2)c1. The number of alkyl halides is 3. The van der Waals surface area contributed by atoms with Gasteiger partial charge in [0.05, 0.1) is 41.1 Å². The van der Waals surface area contributed by atoms with Crippen molar-refractivity contribution in [2.75, 3.05) is 31.1 Å². The highest BCUT2D eigenvalue weighted by molar-refractivity contribution is 7.13. The van der Waals surface area contributed by atoms with E-state index in [1.165, 1.54) is 11.0 Å². The number of aromatic nitrogens is 4. The van der Waals surface area contributed by atoms with Crippen molar-refractivity contribution < 1.29 is 23.1 Å². The van der Waals surface area contributed by atoms with Crippen molar-refractivity contribution in [3.63, 3.8) is 0 Å². The molecule has 0 saturated carbocycles. The number of halogens is 3. The number of aliphatic hydroxyl groups is 1. The maximum Gasteiger partial charge on any atom is 0.420 e. The molecule has 40 heavy (non-hydrogen) atoms. The Morgan fingerprint density at radius 1 is 1.18 bits per heavy atom. The van der Waals surface area contributed by atoms with Gasteiger partial charge < -0.3 is 14.9 Å². The average Bonchev–Trinajstić information content (AvgIpc) is 3.59. The summed E-state index contributed by atoms with van der Waals surface area (Å²) in [7, 11) is 0. The largest absolute Gasteiger partial charge is 0.420 e. The lowest BCUT2D eigenvalue weighted by atomic mass is 9.93. The predicted octanol–water partition coefficient (Wildman–Crippen LogP) is 5.33. The lowest BCUT2D eigenvalue weighted by molar-refractivity contribution is -0.267. The zero-order chi connectivity index (χ0) is 28.7. The van der Waals surface area contributed by atoms with Gasteiger partial charge in [-0.15, -0.1) is 11.3 Å². The zero-order valence-electron chi connectivity index (χ0n) is 22.5. The molecule has 12 heteroatoms. The lowest BCUT2D eigenvalue weighted by Gasteiger charge is -2.47. The molecule has 1 fully saturated rings. The molecule has 0 aromatic carbocycles. The molecule has 1 saturated heterocycles. The van der Waals surface area contributed by atoms with Crippen LogP contribution in [0.15, 0.2) is 48.1 Å². The van der Waals surface area contributed by atoms with Crippen molar-refractivity contribution in [2.45, 2.75) is 51.4 Å². The molecule has 212 valence electrons. The highest BCUT2D eigenvalue weighted by Crippen LogP contribution is 2.40. The number of ketones is 1. The van der Waals surface area contributed by atoms with Crippen molar-refractivity contribution in [3.8, 4) is 21.8 Å². The van der Waals surface area contributed by atoms with Gasteiger partial charge in [0.1, 0.15) is 5.82 Å². The highest BCUT2D eigenvalue weighted by atomic mass is 32.1. The molecule has 0 spiro atoms. The lowest BCUT2D eigenvalue weighted by Crippen LogP contribution is -2.69. The van der Waals surface area contributed by atoms with Crippen molar-refractivity contribution in [1.29, 1.82) is 0 Å². The molecule has 8 nitrogen and oxygen atoms in total. The number of β-amino-alcohol motifs (C(OH)–C–C–N with tert-alkyl or cyclic N) is 1. The quantitative estimate of drug-likeness (QED) is 0.257. The molecular formula is C28H31F3N6O2S. The van der Waals surface area contributed by atoms with Crippen LogP contribution in [0.4, 0.5) is 19.0 Å². The Labute approximate surface area is 234 Å². The molecule has 0 amide bonds. The Hall–Kier alpha value is -3.35. The highest BCUT2D eigenvalue weighted by Gasteiger charge is 2.61. The van der Waals surface area contributed by atoms with E-state index < -0.39 is 24.9 Å². The first-order chi connectivity index (χ1) is 19.0. The van der Waals surface area contributed by atoms with Crippen molar-refractivity contribution in [3.05, 3.63) is 53.7 Å². The average molecular weight is 573 g/mol. The summed E-state index contributed by atoms with van der Waals surface area (Å²) in [5, 5.41) is 16.4. The maximum absolute atomic E-state index is 13.4. The molecule has 0 bridgehead atoms. The number of carbonyl (C=O) groups excluding carboxylic acids is 1. The Morgan fingerprint density at radius 3 is 2.58 bits per heavy atom. The van der Waals surface area contributed by atoms with E-state index in [0.717, 1.165) is 23.7 Å². The summed E-state index contributed by atoms with van der Waals surface area (Å²) < 4.78 is 41.6. The molecule has 5 heterocycles. The number of carbonyl (C=O) groups is 1. The van der Waals surface area contributed by atoms with Crippen LogP contribution in [-0.4, -0.2) is 79.4 Å². The fourth-order valence-corrected chi connectivity index (χ4v) is 5.72. The normalized spacial score (nSPS) is 15.9. The van der Waals surface area contributed by atoms with Crippen LogP contribution in [0.1, 0.15) is 44.0 Å². The van der Waals surface area contributed by atoms with E-state index in [2.05, 4.69) is 35.8 Å². The first-order valence-corrected chi connectivity index (χ1v) is 14.1. The summed E-state index contributed by atoms with van der Waals surface area (Å²) >= 11 is 1.55. The Morgan fingerprint density at radius 2 is 1.93 bits per heavy atom. The van der Waals surface area contributed by atoms with Gasteiger partial charge in [-0.3, -0.25) is 4.79 Å². The number of fused-ring (bicyclic) bond motifs is 1. The third-order valence-electron chi connectivity index (χ3n) is 7.53. The number of rotatable bonds is 10. The van der Waals surface area contributed by atoms with E-state index in [-0.39, 0.29) is 24.1 Å². The molecule has 0 unspecified atom stereocenters. The molecule has 4 aromatic heterocycles. The molecule has 1 aliphatic heterocycles. The summed E-state index contributed by atoms with van der Waals surface area (Å²) in [6.07, 6.45) is -0.462. The summed E-state index contributed by atoms with van der Waals surface area (Å²) in [5.74, 6) is 0.0690. The van der Waals surface area contributed by atoms with Gasteiger partial charge in [0.2, 0.25) is 0 Å². The maximum atomic E-state index is 13.4. The van der Waals surface area contributed by atoms with E-state index in [1.54, 1.807) is 34.3 Å². The topological polar surface area (TPSA) is 86.9 Å². The van der Waals surface area contributed by atoms with Crippen LogP contribution < -0.4 is 4.90 Å². The first kappa shape index (κ1) is 28.2. The zero-order valence-corrected chi connectivity index (χ0v) is 23.3. The molecule has 1 N–H and O–H groups in total. The molecule has 4 aromatic rings. The summed E-state index contributed by atoms with van der Waals surface area (Å²) in [5.41, 5.74) is -0.263. The van der Waals surface area contributed by atoms with Crippen LogP contribution in [-0.2, 0) is 0 Å². The number of hydrogen-bond acceptors (Lipinski definition) is 8. The van der Waals surface area contributed by atoms with Gasteiger partial charge in [-0.2, -0.15) is 18.3 Å². The minimum Gasteiger partial charge on any atom is -0.378 e. The molecule has 0 radical (unpaired) electrons. The number of Topliss-reactive ketones (excluding diaryl/α,β-unsaturated/α-hetero) is 1. The third-order valence-corrected chi connectivity index (χ3v) is 8.43. The second-order valence-electron chi connectivity index (χ2n) is 10.1. The predicted molar refractivity (Wildman–Crippen MR) is 149 cm³/mol. The van der Waals surface area contributed by atoms with Crippen LogP contribution in [0.2, 0.25) is 0 Å². The Balaban J connectivity index is 1.51. The van der Waals surface area contributed by atoms with Crippen LogP contribution in [0, 0.1) is 0 Å².